The summed E-state index contributed by atoms with van der Waals surface area (Å²) in [5.74, 6) is 2.36. The number of nitrogens with zero attached hydrogens (tertiary/aromatic N) is 3. The van der Waals surface area contributed by atoms with Crippen LogP contribution in [0.5, 0.6) is 0 Å². The molecule has 5 heteroatoms. The van der Waals surface area contributed by atoms with Gasteiger partial charge in [-0.05, 0) is 55.9 Å². The zero-order valence-electron chi connectivity index (χ0n) is 15.3. The van der Waals surface area contributed by atoms with Gasteiger partial charge >= 0.3 is 0 Å². The summed E-state index contributed by atoms with van der Waals surface area (Å²) in [7, 11) is 0. The smallest absolute Gasteiger partial charge is 0.135 e. The van der Waals surface area contributed by atoms with Crippen LogP contribution in [0.3, 0.4) is 0 Å². The van der Waals surface area contributed by atoms with Crippen molar-refractivity contribution in [2.75, 3.05) is 35.2 Å². The minimum absolute atomic E-state index is 0.686. The molecule has 2 aromatic rings. The van der Waals surface area contributed by atoms with E-state index in [0.717, 1.165) is 30.3 Å². The summed E-state index contributed by atoms with van der Waals surface area (Å²) < 4.78 is 0. The van der Waals surface area contributed by atoms with Crippen LogP contribution < -0.4 is 15.5 Å². The summed E-state index contributed by atoms with van der Waals surface area (Å²) in [6.45, 7) is 7.72. The quantitative estimate of drug-likeness (QED) is 0.768. The number of hydrogen-bond donors (Lipinski definition) is 2. The molecule has 25 heavy (non-hydrogen) atoms. The fourth-order valence-corrected chi connectivity index (χ4v) is 3.07. The highest BCUT2D eigenvalue weighted by molar-refractivity contribution is 5.62. The van der Waals surface area contributed by atoms with E-state index in [0.29, 0.717) is 5.92 Å². The standard InChI is InChI=1S/C20H29N5/c1-16(2)10-11-21-19-14-20(23-15-22-19)24-17-6-8-18(9-7-17)25-12-4-3-5-13-25/h6-9,14-16H,3-5,10-13H2,1-2H3,(H2,21,22,23,24). The second-order valence-electron chi connectivity index (χ2n) is 7.12. The molecule has 1 fully saturated rings. The van der Waals surface area contributed by atoms with Gasteiger partial charge in [-0.1, -0.05) is 13.8 Å². The first-order valence-corrected chi connectivity index (χ1v) is 9.38. The van der Waals surface area contributed by atoms with E-state index in [1.54, 1.807) is 6.33 Å². The molecule has 1 aromatic heterocycles. The Hall–Kier alpha value is -2.30. The van der Waals surface area contributed by atoms with Gasteiger partial charge in [-0.3, -0.25) is 0 Å². The molecule has 3 rings (SSSR count). The van der Waals surface area contributed by atoms with Gasteiger partial charge in [0.1, 0.15) is 18.0 Å². The van der Waals surface area contributed by atoms with Crippen LogP contribution in [0.1, 0.15) is 39.5 Å². The number of benzene rings is 1. The van der Waals surface area contributed by atoms with Crippen LogP contribution >= 0.6 is 0 Å². The van der Waals surface area contributed by atoms with Crippen molar-refractivity contribution in [1.82, 2.24) is 9.97 Å². The molecule has 2 heterocycles. The number of aromatic nitrogens is 2. The molecule has 1 aliphatic rings. The Kier molecular flexibility index (Phi) is 6.09. The molecule has 0 spiro atoms. The molecular weight excluding hydrogens is 310 g/mol. The Bertz CT molecular complexity index is 647. The van der Waals surface area contributed by atoms with Gasteiger partial charge in [-0.2, -0.15) is 0 Å². The first-order valence-electron chi connectivity index (χ1n) is 9.38. The second-order valence-corrected chi connectivity index (χ2v) is 7.12. The van der Waals surface area contributed by atoms with Gasteiger partial charge in [0.05, 0.1) is 0 Å². The van der Waals surface area contributed by atoms with E-state index >= 15 is 0 Å². The molecule has 0 saturated carbocycles. The lowest BCUT2D eigenvalue weighted by molar-refractivity contribution is 0.578. The van der Waals surface area contributed by atoms with Gasteiger partial charge in [0, 0.05) is 37.1 Å². The predicted molar refractivity (Wildman–Crippen MR) is 106 cm³/mol. The first kappa shape index (κ1) is 17.5. The van der Waals surface area contributed by atoms with Crippen LogP contribution in [0.15, 0.2) is 36.7 Å². The molecule has 0 atom stereocenters. The van der Waals surface area contributed by atoms with E-state index in [1.807, 2.05) is 6.07 Å². The van der Waals surface area contributed by atoms with Crippen molar-refractivity contribution in [2.45, 2.75) is 39.5 Å². The van der Waals surface area contributed by atoms with Crippen LogP contribution in [0.25, 0.3) is 0 Å². The van der Waals surface area contributed by atoms with Gasteiger partial charge in [0.2, 0.25) is 0 Å². The van der Waals surface area contributed by atoms with Crippen LogP contribution in [-0.4, -0.2) is 29.6 Å². The minimum atomic E-state index is 0.686. The third kappa shape index (κ3) is 5.34. The van der Waals surface area contributed by atoms with E-state index < -0.39 is 0 Å². The largest absolute Gasteiger partial charge is 0.372 e. The van der Waals surface area contributed by atoms with Crippen molar-refractivity contribution < 1.29 is 0 Å². The van der Waals surface area contributed by atoms with Gasteiger partial charge < -0.3 is 15.5 Å². The molecule has 0 bridgehead atoms. The Balaban J connectivity index is 1.58. The Morgan fingerprint density at radius 1 is 1.00 bits per heavy atom. The molecule has 1 aromatic carbocycles. The van der Waals surface area contributed by atoms with Crippen molar-refractivity contribution in [1.29, 1.82) is 0 Å². The Morgan fingerprint density at radius 2 is 1.72 bits per heavy atom. The number of hydrogen-bond acceptors (Lipinski definition) is 5. The number of rotatable bonds is 7. The predicted octanol–water partition coefficient (Wildman–Crippen LogP) is 4.67. The average Bonchev–Trinajstić information content (AvgIpc) is 2.63. The topological polar surface area (TPSA) is 53.1 Å². The lowest BCUT2D eigenvalue weighted by Gasteiger charge is -2.28. The van der Waals surface area contributed by atoms with Gasteiger partial charge in [0.25, 0.3) is 0 Å². The third-order valence-corrected chi connectivity index (χ3v) is 4.56. The van der Waals surface area contributed by atoms with Crippen LogP contribution in [0.4, 0.5) is 23.0 Å². The maximum atomic E-state index is 4.32. The maximum Gasteiger partial charge on any atom is 0.135 e. The summed E-state index contributed by atoms with van der Waals surface area (Å²) in [6.07, 6.45) is 6.69. The molecular formula is C20H29N5. The number of nitrogens with one attached hydrogen (secondary N) is 2. The van der Waals surface area contributed by atoms with E-state index in [1.165, 1.54) is 38.0 Å². The second kappa shape index (κ2) is 8.70. The average molecular weight is 339 g/mol. The Labute approximate surface area is 150 Å². The van der Waals surface area contributed by atoms with E-state index in [4.69, 9.17) is 0 Å². The number of anilines is 4. The van der Waals surface area contributed by atoms with Crippen LogP contribution in [-0.2, 0) is 0 Å². The molecule has 0 amide bonds. The molecule has 1 aliphatic heterocycles. The Morgan fingerprint density at radius 3 is 2.44 bits per heavy atom. The van der Waals surface area contributed by atoms with Crippen molar-refractivity contribution in [3.8, 4) is 0 Å². The summed E-state index contributed by atoms with van der Waals surface area (Å²) in [5.41, 5.74) is 2.36. The molecule has 0 aliphatic carbocycles. The first-order chi connectivity index (χ1) is 12.2. The summed E-state index contributed by atoms with van der Waals surface area (Å²) >= 11 is 0. The summed E-state index contributed by atoms with van der Waals surface area (Å²) in [4.78, 5) is 11.1. The van der Waals surface area contributed by atoms with Crippen molar-refractivity contribution >= 4 is 23.0 Å². The molecule has 1 saturated heterocycles. The van der Waals surface area contributed by atoms with Crippen molar-refractivity contribution in [3.63, 3.8) is 0 Å². The minimum Gasteiger partial charge on any atom is -0.372 e. The summed E-state index contributed by atoms with van der Waals surface area (Å²) in [5, 5.41) is 6.72. The van der Waals surface area contributed by atoms with Gasteiger partial charge in [-0.15, -0.1) is 0 Å². The normalized spacial score (nSPS) is 14.6. The van der Waals surface area contributed by atoms with Gasteiger partial charge in [-0.25, -0.2) is 9.97 Å². The monoisotopic (exact) mass is 339 g/mol. The third-order valence-electron chi connectivity index (χ3n) is 4.56. The number of piperidine rings is 1. The van der Waals surface area contributed by atoms with Gasteiger partial charge in [0.15, 0.2) is 0 Å². The molecule has 0 unspecified atom stereocenters. The van der Waals surface area contributed by atoms with Crippen LogP contribution in [0.2, 0.25) is 0 Å². The lowest BCUT2D eigenvalue weighted by atomic mass is 10.1. The maximum absolute atomic E-state index is 4.32. The molecule has 134 valence electrons. The summed E-state index contributed by atoms with van der Waals surface area (Å²) in [6, 6.07) is 10.6. The zero-order valence-corrected chi connectivity index (χ0v) is 15.3. The van der Waals surface area contributed by atoms with E-state index in [9.17, 15) is 0 Å². The molecule has 5 nitrogen and oxygen atoms in total. The zero-order chi connectivity index (χ0) is 17.5. The highest BCUT2D eigenvalue weighted by atomic mass is 15.1. The highest BCUT2D eigenvalue weighted by Crippen LogP contribution is 2.23. The van der Waals surface area contributed by atoms with E-state index in [2.05, 4.69) is 63.6 Å². The van der Waals surface area contributed by atoms with Crippen molar-refractivity contribution in [3.05, 3.63) is 36.7 Å². The van der Waals surface area contributed by atoms with Crippen LogP contribution in [0, 0.1) is 5.92 Å². The lowest BCUT2D eigenvalue weighted by Crippen LogP contribution is -2.29. The molecule has 0 radical (unpaired) electrons. The highest BCUT2D eigenvalue weighted by Gasteiger charge is 2.10. The molecule has 2 N–H and O–H groups in total. The van der Waals surface area contributed by atoms with Crippen molar-refractivity contribution in [2.24, 2.45) is 5.92 Å². The fraction of sp³-hybridized carbons (Fsp3) is 0.500. The SMILES string of the molecule is CC(C)CCNc1cc(Nc2ccc(N3CCCCC3)cc2)ncn1. The fourth-order valence-electron chi connectivity index (χ4n) is 3.07. The van der Waals surface area contributed by atoms with E-state index in [-0.39, 0.29) is 0 Å².